The van der Waals surface area contributed by atoms with Gasteiger partial charge in [-0.25, -0.2) is 4.98 Å². The molecule has 8 heteroatoms. The molecule has 29 heavy (non-hydrogen) atoms. The molecule has 0 aliphatic carbocycles. The molecule has 3 heterocycles. The molecule has 0 bridgehead atoms. The lowest BCUT2D eigenvalue weighted by molar-refractivity contribution is 0.0822. The number of benzene rings is 1. The number of hydrogen-bond acceptors (Lipinski definition) is 6. The van der Waals surface area contributed by atoms with E-state index in [4.69, 9.17) is 4.42 Å². The molecular weight excluding hydrogens is 368 g/mol. The van der Waals surface area contributed by atoms with Gasteiger partial charge in [-0.05, 0) is 44.2 Å². The quantitative estimate of drug-likeness (QED) is 0.538. The van der Waals surface area contributed by atoms with Crippen LogP contribution in [0.15, 0.2) is 47.0 Å². The van der Waals surface area contributed by atoms with Gasteiger partial charge in [0.05, 0.1) is 5.69 Å². The van der Waals surface area contributed by atoms with Gasteiger partial charge in [-0.1, -0.05) is 11.2 Å². The third kappa shape index (κ3) is 3.69. The van der Waals surface area contributed by atoms with Gasteiger partial charge in [0.25, 0.3) is 5.91 Å². The maximum absolute atomic E-state index is 12.3. The second-order valence-corrected chi connectivity index (χ2v) is 7.28. The number of pyridine rings is 1. The first-order valence-corrected chi connectivity index (χ1v) is 9.33. The van der Waals surface area contributed by atoms with E-state index in [0.717, 1.165) is 22.0 Å². The summed E-state index contributed by atoms with van der Waals surface area (Å²) in [4.78, 5) is 21.6. The number of H-pyrrole nitrogens is 1. The fourth-order valence-corrected chi connectivity index (χ4v) is 3.04. The largest absolute Gasteiger partial charge is 0.403 e. The van der Waals surface area contributed by atoms with Crippen molar-refractivity contribution in [3.8, 4) is 22.7 Å². The SMILES string of the molecule is CC(C)Nc1nnc(-c2ccc3[nH]cc(-c4cccc(C(=O)N(C)C)n4)c3c2)o1. The van der Waals surface area contributed by atoms with Gasteiger partial charge < -0.3 is 19.6 Å². The summed E-state index contributed by atoms with van der Waals surface area (Å²) in [6.07, 6.45) is 1.89. The van der Waals surface area contributed by atoms with Crippen LogP contribution in [0.1, 0.15) is 24.3 Å². The average molecular weight is 390 g/mol. The van der Waals surface area contributed by atoms with Gasteiger partial charge in [0.1, 0.15) is 5.69 Å². The first-order chi connectivity index (χ1) is 13.9. The maximum Gasteiger partial charge on any atom is 0.315 e. The highest BCUT2D eigenvalue weighted by atomic mass is 16.4. The normalized spacial score (nSPS) is 11.2. The molecule has 0 saturated heterocycles. The van der Waals surface area contributed by atoms with E-state index in [2.05, 4.69) is 25.5 Å². The molecule has 1 amide bonds. The van der Waals surface area contributed by atoms with Crippen LogP contribution in [-0.4, -0.2) is 51.1 Å². The van der Waals surface area contributed by atoms with E-state index >= 15 is 0 Å². The van der Waals surface area contributed by atoms with E-state index in [1.807, 2.05) is 50.4 Å². The smallest absolute Gasteiger partial charge is 0.315 e. The van der Waals surface area contributed by atoms with E-state index < -0.39 is 0 Å². The zero-order valence-electron chi connectivity index (χ0n) is 16.7. The molecule has 0 saturated carbocycles. The summed E-state index contributed by atoms with van der Waals surface area (Å²) in [6.45, 7) is 4.01. The van der Waals surface area contributed by atoms with Crippen LogP contribution in [0.5, 0.6) is 0 Å². The van der Waals surface area contributed by atoms with Crippen molar-refractivity contribution < 1.29 is 9.21 Å². The molecule has 8 nitrogen and oxygen atoms in total. The van der Waals surface area contributed by atoms with Crippen LogP contribution < -0.4 is 5.32 Å². The van der Waals surface area contributed by atoms with Crippen LogP contribution in [0.4, 0.5) is 6.01 Å². The molecule has 0 atom stereocenters. The van der Waals surface area contributed by atoms with E-state index in [1.54, 1.807) is 20.2 Å². The standard InChI is InChI=1S/C21H22N6O2/c1-12(2)23-21-26-25-19(29-21)13-8-9-16-14(10-13)15(11-22-16)17-6-5-7-18(24-17)20(28)27(3)4/h5-12,22H,1-4H3,(H,23,26). The highest BCUT2D eigenvalue weighted by Crippen LogP contribution is 2.31. The second-order valence-electron chi connectivity index (χ2n) is 7.28. The van der Waals surface area contributed by atoms with Crippen LogP contribution in [-0.2, 0) is 0 Å². The van der Waals surface area contributed by atoms with Crippen molar-refractivity contribution in [2.75, 3.05) is 19.4 Å². The zero-order chi connectivity index (χ0) is 20.5. The number of carbonyl (C=O) groups is 1. The van der Waals surface area contributed by atoms with E-state index in [-0.39, 0.29) is 11.9 Å². The van der Waals surface area contributed by atoms with E-state index in [1.165, 1.54) is 4.90 Å². The summed E-state index contributed by atoms with van der Waals surface area (Å²) in [7, 11) is 3.42. The fourth-order valence-electron chi connectivity index (χ4n) is 3.04. The topological polar surface area (TPSA) is 99.9 Å². The van der Waals surface area contributed by atoms with Crippen molar-refractivity contribution in [2.45, 2.75) is 19.9 Å². The lowest BCUT2D eigenvalue weighted by atomic mass is 10.1. The minimum absolute atomic E-state index is 0.136. The fraction of sp³-hybridized carbons (Fsp3) is 0.238. The molecule has 0 unspecified atom stereocenters. The summed E-state index contributed by atoms with van der Waals surface area (Å²) < 4.78 is 5.72. The van der Waals surface area contributed by atoms with E-state index in [9.17, 15) is 4.79 Å². The summed E-state index contributed by atoms with van der Waals surface area (Å²) in [6, 6.07) is 11.9. The average Bonchev–Trinajstić information content (AvgIpc) is 3.33. The van der Waals surface area contributed by atoms with Crippen molar-refractivity contribution in [1.29, 1.82) is 0 Å². The van der Waals surface area contributed by atoms with Crippen molar-refractivity contribution in [3.63, 3.8) is 0 Å². The second kappa shape index (κ2) is 7.38. The number of hydrogen-bond donors (Lipinski definition) is 2. The maximum atomic E-state index is 12.3. The first-order valence-electron chi connectivity index (χ1n) is 9.33. The summed E-state index contributed by atoms with van der Waals surface area (Å²) in [5, 5.41) is 12.2. The Kier molecular flexibility index (Phi) is 4.75. The molecule has 4 aromatic rings. The lowest BCUT2D eigenvalue weighted by Gasteiger charge is -2.10. The number of carbonyl (C=O) groups excluding carboxylic acids is 1. The van der Waals surface area contributed by atoms with Crippen molar-refractivity contribution in [3.05, 3.63) is 48.3 Å². The molecule has 0 radical (unpaired) electrons. The Morgan fingerprint density at radius 2 is 2.00 bits per heavy atom. The summed E-state index contributed by atoms with van der Waals surface area (Å²) >= 11 is 0. The third-order valence-electron chi connectivity index (χ3n) is 4.42. The van der Waals surface area contributed by atoms with Gasteiger partial charge in [-0.2, -0.15) is 0 Å². The molecule has 3 aromatic heterocycles. The Morgan fingerprint density at radius 3 is 2.76 bits per heavy atom. The number of rotatable bonds is 5. The minimum atomic E-state index is -0.136. The van der Waals surface area contributed by atoms with Crippen LogP contribution in [0.3, 0.4) is 0 Å². The summed E-state index contributed by atoms with van der Waals surface area (Å²) in [5.74, 6) is 0.301. The van der Waals surface area contributed by atoms with E-state index in [0.29, 0.717) is 23.3 Å². The van der Waals surface area contributed by atoms with Gasteiger partial charge in [-0.15, -0.1) is 5.10 Å². The van der Waals surface area contributed by atoms with Crippen LogP contribution in [0.25, 0.3) is 33.6 Å². The van der Waals surface area contributed by atoms with Crippen molar-refractivity contribution in [1.82, 2.24) is 25.1 Å². The van der Waals surface area contributed by atoms with Gasteiger partial charge in [0.15, 0.2) is 0 Å². The zero-order valence-corrected chi connectivity index (χ0v) is 16.7. The number of anilines is 1. The monoisotopic (exact) mass is 390 g/mol. The molecule has 0 aliphatic heterocycles. The molecular formula is C21H22N6O2. The Bertz CT molecular complexity index is 1170. The molecule has 0 fully saturated rings. The Hall–Kier alpha value is -3.68. The Morgan fingerprint density at radius 1 is 1.17 bits per heavy atom. The molecule has 2 N–H and O–H groups in total. The number of amides is 1. The van der Waals surface area contributed by atoms with Gasteiger partial charge >= 0.3 is 6.01 Å². The van der Waals surface area contributed by atoms with Gasteiger partial charge in [0, 0.05) is 48.4 Å². The predicted molar refractivity (Wildman–Crippen MR) is 112 cm³/mol. The first kappa shape index (κ1) is 18.7. The van der Waals surface area contributed by atoms with Crippen LogP contribution in [0, 0.1) is 0 Å². The van der Waals surface area contributed by atoms with Crippen molar-refractivity contribution >= 4 is 22.8 Å². The lowest BCUT2D eigenvalue weighted by Crippen LogP contribution is -2.22. The predicted octanol–water partition coefficient (Wildman–Crippen LogP) is 3.80. The van der Waals surface area contributed by atoms with Gasteiger partial charge in [-0.3, -0.25) is 4.79 Å². The summed E-state index contributed by atoms with van der Waals surface area (Å²) in [5.41, 5.74) is 3.78. The van der Waals surface area contributed by atoms with Crippen LogP contribution >= 0.6 is 0 Å². The Labute approximate surface area is 168 Å². The molecule has 0 spiro atoms. The number of fused-ring (bicyclic) bond motifs is 1. The molecule has 148 valence electrons. The third-order valence-corrected chi connectivity index (χ3v) is 4.42. The van der Waals surface area contributed by atoms with Gasteiger partial charge in [0.2, 0.25) is 5.89 Å². The molecule has 0 aliphatic rings. The number of aromatic amines is 1. The Balaban J connectivity index is 1.74. The highest BCUT2D eigenvalue weighted by molar-refractivity contribution is 5.98. The highest BCUT2D eigenvalue weighted by Gasteiger charge is 2.15. The number of aromatic nitrogens is 4. The number of nitrogens with zero attached hydrogens (tertiary/aromatic N) is 4. The number of nitrogens with one attached hydrogen (secondary N) is 2. The van der Waals surface area contributed by atoms with Crippen molar-refractivity contribution in [2.24, 2.45) is 0 Å². The molecule has 4 rings (SSSR count). The van der Waals surface area contributed by atoms with Crippen LogP contribution in [0.2, 0.25) is 0 Å². The minimum Gasteiger partial charge on any atom is -0.403 e. The molecule has 1 aromatic carbocycles.